The third kappa shape index (κ3) is 2.92. The van der Waals surface area contributed by atoms with Gasteiger partial charge in [-0.1, -0.05) is 0 Å². The van der Waals surface area contributed by atoms with Crippen LogP contribution < -0.4 is 10.6 Å². The minimum absolute atomic E-state index is 0.576. The predicted octanol–water partition coefficient (Wildman–Crippen LogP) is 0.879. The second-order valence-electron chi connectivity index (χ2n) is 6.07. The van der Waals surface area contributed by atoms with E-state index in [0.717, 1.165) is 0 Å². The van der Waals surface area contributed by atoms with E-state index in [4.69, 9.17) is 0 Å². The van der Waals surface area contributed by atoms with Gasteiger partial charge in [-0.2, -0.15) is 0 Å². The van der Waals surface area contributed by atoms with Gasteiger partial charge in [-0.3, -0.25) is 0 Å². The normalized spacial score (nSPS) is 26.6. The highest BCUT2D eigenvalue weighted by molar-refractivity contribution is 4.97. The molecule has 1 spiro atoms. The summed E-state index contributed by atoms with van der Waals surface area (Å²) in [5, 5.41) is 16.5. The van der Waals surface area contributed by atoms with Crippen molar-refractivity contribution in [2.24, 2.45) is 5.41 Å². The molecular weight excluding hydrogens is 188 g/mol. The Balaban J connectivity index is 1.69. The molecule has 2 aliphatic rings. The van der Waals surface area contributed by atoms with Gasteiger partial charge in [0.05, 0.1) is 5.60 Å². The Bertz CT molecular complexity index is 208. The molecular formula is C12H24N2O. The molecule has 0 aromatic rings. The van der Waals surface area contributed by atoms with E-state index in [2.05, 4.69) is 10.6 Å². The summed E-state index contributed by atoms with van der Waals surface area (Å²) in [4.78, 5) is 0. The molecule has 2 rings (SSSR count). The predicted molar refractivity (Wildman–Crippen MR) is 61.9 cm³/mol. The van der Waals surface area contributed by atoms with E-state index in [1.165, 1.54) is 38.8 Å². The van der Waals surface area contributed by atoms with Crippen molar-refractivity contribution < 1.29 is 5.11 Å². The van der Waals surface area contributed by atoms with Crippen LogP contribution in [0.4, 0.5) is 0 Å². The monoisotopic (exact) mass is 212 g/mol. The van der Waals surface area contributed by atoms with Crippen molar-refractivity contribution >= 4 is 0 Å². The smallest absolute Gasteiger partial charge is 0.0715 e. The molecule has 0 aromatic heterocycles. The lowest BCUT2D eigenvalue weighted by Crippen LogP contribution is -2.56. The summed E-state index contributed by atoms with van der Waals surface area (Å²) < 4.78 is 0. The van der Waals surface area contributed by atoms with Crippen molar-refractivity contribution in [2.75, 3.05) is 19.6 Å². The zero-order valence-electron chi connectivity index (χ0n) is 9.97. The average molecular weight is 212 g/mol. The Hall–Kier alpha value is -0.120. The van der Waals surface area contributed by atoms with Crippen molar-refractivity contribution in [2.45, 2.75) is 51.2 Å². The molecule has 15 heavy (non-hydrogen) atoms. The summed E-state index contributed by atoms with van der Waals surface area (Å²) in [5.41, 5.74) is 0.0695. The van der Waals surface area contributed by atoms with Crippen molar-refractivity contribution in [1.82, 2.24) is 10.6 Å². The molecule has 0 atom stereocenters. The van der Waals surface area contributed by atoms with Crippen molar-refractivity contribution in [3.8, 4) is 0 Å². The molecule has 0 radical (unpaired) electrons. The third-order valence-electron chi connectivity index (χ3n) is 3.87. The molecule has 0 unspecified atom stereocenters. The van der Waals surface area contributed by atoms with E-state index >= 15 is 0 Å². The number of rotatable bonds is 3. The highest BCUT2D eigenvalue weighted by atomic mass is 16.3. The van der Waals surface area contributed by atoms with Gasteiger partial charge in [-0.25, -0.2) is 0 Å². The summed E-state index contributed by atoms with van der Waals surface area (Å²) in [6, 6.07) is 0.627. The lowest BCUT2D eigenvalue weighted by atomic mass is 9.68. The largest absolute Gasteiger partial charge is 0.389 e. The van der Waals surface area contributed by atoms with E-state index in [-0.39, 0.29) is 0 Å². The number of hydrogen-bond donors (Lipinski definition) is 3. The van der Waals surface area contributed by atoms with Crippen LogP contribution in [0, 0.1) is 5.41 Å². The second-order valence-corrected chi connectivity index (χ2v) is 6.07. The Morgan fingerprint density at radius 3 is 2.33 bits per heavy atom. The number of nitrogens with one attached hydrogen (secondary N) is 2. The fourth-order valence-electron chi connectivity index (χ4n) is 2.66. The molecule has 1 heterocycles. The zero-order valence-corrected chi connectivity index (χ0v) is 9.97. The molecule has 3 heteroatoms. The Morgan fingerprint density at radius 2 is 1.93 bits per heavy atom. The summed E-state index contributed by atoms with van der Waals surface area (Å²) in [5.74, 6) is 0. The fourth-order valence-corrected chi connectivity index (χ4v) is 2.66. The van der Waals surface area contributed by atoms with Crippen LogP contribution in [-0.2, 0) is 0 Å². The number of hydrogen-bond acceptors (Lipinski definition) is 3. The quantitative estimate of drug-likeness (QED) is 0.651. The number of aliphatic hydroxyl groups is 1. The Labute approximate surface area is 92.6 Å². The van der Waals surface area contributed by atoms with Crippen LogP contribution in [0.2, 0.25) is 0 Å². The maximum atomic E-state index is 9.64. The van der Waals surface area contributed by atoms with Gasteiger partial charge in [0.25, 0.3) is 0 Å². The van der Waals surface area contributed by atoms with Gasteiger partial charge in [-0.05, 0) is 44.9 Å². The van der Waals surface area contributed by atoms with E-state index in [9.17, 15) is 5.11 Å². The molecule has 0 aromatic carbocycles. The minimum Gasteiger partial charge on any atom is -0.389 e. The molecule has 88 valence electrons. The third-order valence-corrected chi connectivity index (χ3v) is 3.87. The first-order valence-corrected chi connectivity index (χ1v) is 6.16. The first kappa shape index (κ1) is 11.4. The molecule has 3 N–H and O–H groups in total. The van der Waals surface area contributed by atoms with Gasteiger partial charge >= 0.3 is 0 Å². The molecule has 0 bridgehead atoms. The van der Waals surface area contributed by atoms with E-state index in [1.807, 2.05) is 13.8 Å². The molecule has 1 saturated heterocycles. The topological polar surface area (TPSA) is 44.3 Å². The summed E-state index contributed by atoms with van der Waals surface area (Å²) in [7, 11) is 0. The highest BCUT2D eigenvalue weighted by Gasteiger charge is 2.39. The SMILES string of the molecule is CC(C)(O)CNC1CCC2(CC1)CNC2. The van der Waals surface area contributed by atoms with Crippen LogP contribution in [0.3, 0.4) is 0 Å². The van der Waals surface area contributed by atoms with Gasteiger partial charge in [0.1, 0.15) is 0 Å². The lowest BCUT2D eigenvalue weighted by Gasteiger charge is -2.47. The van der Waals surface area contributed by atoms with Crippen molar-refractivity contribution in [1.29, 1.82) is 0 Å². The zero-order chi connectivity index (χ0) is 10.9. The van der Waals surface area contributed by atoms with Gasteiger partial charge in [-0.15, -0.1) is 0 Å². The first-order chi connectivity index (χ1) is 6.99. The Morgan fingerprint density at radius 1 is 1.33 bits per heavy atom. The minimum atomic E-state index is -0.576. The summed E-state index contributed by atoms with van der Waals surface area (Å²) in [6.07, 6.45) is 5.25. The average Bonchev–Trinajstić information content (AvgIpc) is 2.12. The second kappa shape index (κ2) is 4.04. The van der Waals surface area contributed by atoms with Crippen molar-refractivity contribution in [3.63, 3.8) is 0 Å². The van der Waals surface area contributed by atoms with Crippen LogP contribution in [0.15, 0.2) is 0 Å². The fraction of sp³-hybridized carbons (Fsp3) is 1.00. The molecule has 1 aliphatic carbocycles. The van der Waals surface area contributed by atoms with E-state index in [0.29, 0.717) is 18.0 Å². The Kier molecular flexibility index (Phi) is 3.06. The van der Waals surface area contributed by atoms with Crippen LogP contribution in [0.25, 0.3) is 0 Å². The molecule has 1 aliphatic heterocycles. The van der Waals surface area contributed by atoms with E-state index < -0.39 is 5.60 Å². The van der Waals surface area contributed by atoms with Crippen LogP contribution in [-0.4, -0.2) is 36.4 Å². The first-order valence-electron chi connectivity index (χ1n) is 6.16. The van der Waals surface area contributed by atoms with Gasteiger partial charge in [0.15, 0.2) is 0 Å². The maximum Gasteiger partial charge on any atom is 0.0715 e. The van der Waals surface area contributed by atoms with Gasteiger partial charge in [0.2, 0.25) is 0 Å². The summed E-state index contributed by atoms with van der Waals surface area (Å²) >= 11 is 0. The van der Waals surface area contributed by atoms with Crippen LogP contribution in [0.1, 0.15) is 39.5 Å². The lowest BCUT2D eigenvalue weighted by molar-refractivity contribution is 0.0599. The van der Waals surface area contributed by atoms with Gasteiger partial charge < -0.3 is 15.7 Å². The molecule has 3 nitrogen and oxygen atoms in total. The highest BCUT2D eigenvalue weighted by Crippen LogP contribution is 2.39. The molecule has 1 saturated carbocycles. The molecule has 2 fully saturated rings. The maximum absolute atomic E-state index is 9.64. The van der Waals surface area contributed by atoms with Crippen LogP contribution >= 0.6 is 0 Å². The van der Waals surface area contributed by atoms with E-state index in [1.54, 1.807) is 0 Å². The summed E-state index contributed by atoms with van der Waals surface area (Å²) in [6.45, 7) is 6.89. The van der Waals surface area contributed by atoms with Gasteiger partial charge in [0, 0.05) is 25.7 Å². The van der Waals surface area contributed by atoms with Crippen LogP contribution in [0.5, 0.6) is 0 Å². The molecule has 0 amide bonds. The van der Waals surface area contributed by atoms with Crippen molar-refractivity contribution in [3.05, 3.63) is 0 Å². The standard InChI is InChI=1S/C12H24N2O/c1-11(2,15)7-14-10-3-5-12(6-4-10)8-13-9-12/h10,13-15H,3-9H2,1-2H3.